The molecule has 3 rings (SSSR count). The van der Waals surface area contributed by atoms with Gasteiger partial charge in [0.15, 0.2) is 0 Å². The van der Waals surface area contributed by atoms with Crippen LogP contribution in [0.1, 0.15) is 28.9 Å². The summed E-state index contributed by atoms with van der Waals surface area (Å²) in [6.07, 6.45) is 1.21. The van der Waals surface area contributed by atoms with Gasteiger partial charge in [0.1, 0.15) is 5.75 Å². The van der Waals surface area contributed by atoms with E-state index in [9.17, 15) is 9.90 Å². The van der Waals surface area contributed by atoms with Gasteiger partial charge in [-0.25, -0.2) is 0 Å². The van der Waals surface area contributed by atoms with Crippen molar-refractivity contribution in [3.8, 4) is 5.75 Å². The summed E-state index contributed by atoms with van der Waals surface area (Å²) in [7, 11) is 1.98. The predicted molar refractivity (Wildman–Crippen MR) is 97.8 cm³/mol. The van der Waals surface area contributed by atoms with Gasteiger partial charge in [0.05, 0.1) is 18.3 Å². The van der Waals surface area contributed by atoms with E-state index in [2.05, 4.69) is 5.32 Å². The number of para-hydroxylation sites is 1. The molecular formula is C20H22N2O3. The highest BCUT2D eigenvalue weighted by molar-refractivity contribution is 5.96. The highest BCUT2D eigenvalue weighted by Gasteiger charge is 2.15. The Bertz CT molecular complexity index is 886. The number of aromatic nitrogens is 1. The van der Waals surface area contributed by atoms with Crippen LogP contribution >= 0.6 is 0 Å². The predicted octanol–water partition coefficient (Wildman–Crippen LogP) is 3.04. The molecule has 0 spiro atoms. The van der Waals surface area contributed by atoms with E-state index in [4.69, 9.17) is 4.74 Å². The van der Waals surface area contributed by atoms with Crippen molar-refractivity contribution < 1.29 is 14.6 Å². The zero-order valence-corrected chi connectivity index (χ0v) is 14.4. The first-order valence-electron chi connectivity index (χ1n) is 8.33. The summed E-state index contributed by atoms with van der Waals surface area (Å²) in [6.45, 7) is 2.50. The van der Waals surface area contributed by atoms with Gasteiger partial charge in [-0.3, -0.25) is 4.79 Å². The molecule has 0 radical (unpaired) electrons. The lowest BCUT2D eigenvalue weighted by Crippen LogP contribution is -2.28. The zero-order chi connectivity index (χ0) is 17.8. The summed E-state index contributed by atoms with van der Waals surface area (Å²) < 4.78 is 7.50. The number of carbonyl (C=O) groups is 1. The van der Waals surface area contributed by atoms with Gasteiger partial charge in [0, 0.05) is 25.3 Å². The number of nitrogens with zero attached hydrogens (tertiary/aromatic N) is 1. The molecule has 130 valence electrons. The minimum atomic E-state index is -0.771. The Morgan fingerprint density at radius 2 is 2.04 bits per heavy atom. The van der Waals surface area contributed by atoms with Crippen molar-refractivity contribution in [3.05, 3.63) is 65.9 Å². The van der Waals surface area contributed by atoms with Crippen LogP contribution in [-0.2, 0) is 7.05 Å². The van der Waals surface area contributed by atoms with Crippen LogP contribution in [0.25, 0.3) is 10.9 Å². The number of amides is 1. The van der Waals surface area contributed by atoms with E-state index in [0.717, 1.165) is 16.5 Å². The van der Waals surface area contributed by atoms with E-state index >= 15 is 0 Å². The summed E-state index contributed by atoms with van der Waals surface area (Å²) in [5, 5.41) is 14.2. The summed E-state index contributed by atoms with van der Waals surface area (Å²) in [4.78, 5) is 12.4. The van der Waals surface area contributed by atoms with Crippen LogP contribution in [0, 0.1) is 0 Å². The van der Waals surface area contributed by atoms with Crippen LogP contribution < -0.4 is 10.1 Å². The smallest absolute Gasteiger partial charge is 0.255 e. The van der Waals surface area contributed by atoms with Crippen LogP contribution in [0.3, 0.4) is 0 Å². The average molecular weight is 338 g/mol. The molecule has 25 heavy (non-hydrogen) atoms. The van der Waals surface area contributed by atoms with E-state index < -0.39 is 6.10 Å². The molecule has 0 aliphatic carbocycles. The number of nitrogens with one attached hydrogen (secondary N) is 1. The van der Waals surface area contributed by atoms with Crippen LogP contribution in [0.4, 0.5) is 0 Å². The molecule has 5 heteroatoms. The van der Waals surface area contributed by atoms with Crippen LogP contribution in [-0.4, -0.2) is 28.7 Å². The summed E-state index contributed by atoms with van der Waals surface area (Å²) in [5.41, 5.74) is 2.35. The number of aliphatic hydroxyl groups is 1. The number of aliphatic hydroxyl groups excluding tert-OH is 1. The van der Waals surface area contributed by atoms with Gasteiger partial charge in [-0.2, -0.15) is 0 Å². The SMILES string of the molecule is CCOc1ccccc1C(=O)NCC(O)c1ccc2c(ccn2C)c1. The maximum absolute atomic E-state index is 12.4. The van der Waals surface area contributed by atoms with Gasteiger partial charge >= 0.3 is 0 Å². The molecule has 2 N–H and O–H groups in total. The second-order valence-corrected chi connectivity index (χ2v) is 5.90. The van der Waals surface area contributed by atoms with E-state index in [0.29, 0.717) is 17.9 Å². The van der Waals surface area contributed by atoms with Crippen molar-refractivity contribution in [2.24, 2.45) is 7.05 Å². The fourth-order valence-electron chi connectivity index (χ4n) is 2.85. The van der Waals surface area contributed by atoms with Gasteiger partial charge in [0.2, 0.25) is 0 Å². The summed E-state index contributed by atoms with van der Waals surface area (Å²) >= 11 is 0. The monoisotopic (exact) mass is 338 g/mol. The van der Waals surface area contributed by atoms with Gasteiger partial charge in [-0.1, -0.05) is 18.2 Å². The number of hydrogen-bond acceptors (Lipinski definition) is 3. The second-order valence-electron chi connectivity index (χ2n) is 5.90. The summed E-state index contributed by atoms with van der Waals surface area (Å²) in [5.74, 6) is 0.284. The maximum atomic E-state index is 12.4. The Balaban J connectivity index is 1.68. The van der Waals surface area contributed by atoms with E-state index in [1.807, 2.05) is 55.1 Å². The minimum absolute atomic E-state index is 0.137. The van der Waals surface area contributed by atoms with Gasteiger partial charge in [0.25, 0.3) is 5.91 Å². The third-order valence-electron chi connectivity index (χ3n) is 4.18. The Kier molecular flexibility index (Phi) is 5.05. The molecule has 0 aliphatic rings. The lowest BCUT2D eigenvalue weighted by molar-refractivity contribution is 0.0912. The van der Waals surface area contributed by atoms with Crippen LogP contribution in [0.2, 0.25) is 0 Å². The highest BCUT2D eigenvalue weighted by Crippen LogP contribution is 2.21. The standard InChI is InChI=1S/C20H22N2O3/c1-3-25-19-7-5-4-6-16(19)20(24)21-13-18(23)15-8-9-17-14(12-15)10-11-22(17)2/h4-12,18,23H,3,13H2,1-2H3,(H,21,24). The molecule has 0 saturated carbocycles. The molecule has 5 nitrogen and oxygen atoms in total. The molecule has 2 aromatic carbocycles. The topological polar surface area (TPSA) is 63.5 Å². The third-order valence-corrected chi connectivity index (χ3v) is 4.18. The Morgan fingerprint density at radius 1 is 1.24 bits per heavy atom. The molecule has 1 unspecified atom stereocenters. The van der Waals surface area contributed by atoms with Gasteiger partial charge in [-0.05, 0) is 48.2 Å². The normalized spacial score (nSPS) is 12.1. The van der Waals surface area contributed by atoms with E-state index in [1.165, 1.54) is 0 Å². The molecule has 1 heterocycles. The van der Waals surface area contributed by atoms with Crippen molar-refractivity contribution in [2.45, 2.75) is 13.0 Å². The number of aryl methyl sites for hydroxylation is 1. The third kappa shape index (κ3) is 3.67. The van der Waals surface area contributed by atoms with Crippen LogP contribution in [0.5, 0.6) is 5.75 Å². The van der Waals surface area contributed by atoms with Crippen molar-refractivity contribution in [1.29, 1.82) is 0 Å². The molecule has 1 aromatic heterocycles. The second kappa shape index (κ2) is 7.40. The molecule has 0 bridgehead atoms. The van der Waals surface area contributed by atoms with Crippen molar-refractivity contribution in [3.63, 3.8) is 0 Å². The first kappa shape index (κ1) is 17.0. The minimum Gasteiger partial charge on any atom is -0.493 e. The van der Waals surface area contributed by atoms with Crippen LogP contribution in [0.15, 0.2) is 54.7 Å². The zero-order valence-electron chi connectivity index (χ0n) is 14.4. The molecule has 0 saturated heterocycles. The fourth-order valence-corrected chi connectivity index (χ4v) is 2.85. The molecule has 1 amide bonds. The first-order valence-corrected chi connectivity index (χ1v) is 8.33. The lowest BCUT2D eigenvalue weighted by atomic mass is 10.1. The lowest BCUT2D eigenvalue weighted by Gasteiger charge is -2.14. The Labute approximate surface area is 146 Å². The van der Waals surface area contributed by atoms with Crippen molar-refractivity contribution in [1.82, 2.24) is 9.88 Å². The van der Waals surface area contributed by atoms with Gasteiger partial charge < -0.3 is 19.7 Å². The van der Waals surface area contributed by atoms with Crippen molar-refractivity contribution in [2.75, 3.05) is 13.2 Å². The quantitative estimate of drug-likeness (QED) is 0.726. The number of fused-ring (bicyclic) bond motifs is 1. The molecule has 3 aromatic rings. The first-order chi connectivity index (χ1) is 12.1. The molecule has 0 fully saturated rings. The van der Waals surface area contributed by atoms with E-state index in [-0.39, 0.29) is 12.5 Å². The largest absolute Gasteiger partial charge is 0.493 e. The molecule has 1 atom stereocenters. The molecule has 0 aliphatic heterocycles. The number of benzene rings is 2. The number of rotatable bonds is 6. The number of hydrogen-bond donors (Lipinski definition) is 2. The highest BCUT2D eigenvalue weighted by atomic mass is 16.5. The number of ether oxygens (including phenoxy) is 1. The average Bonchev–Trinajstić information content (AvgIpc) is 3.00. The Morgan fingerprint density at radius 3 is 2.84 bits per heavy atom. The molecular weight excluding hydrogens is 316 g/mol. The Hall–Kier alpha value is -2.79. The fraction of sp³-hybridized carbons (Fsp3) is 0.250. The summed E-state index contributed by atoms with van der Waals surface area (Å²) in [6, 6.07) is 14.9. The van der Waals surface area contributed by atoms with E-state index in [1.54, 1.807) is 18.2 Å². The van der Waals surface area contributed by atoms with Crippen molar-refractivity contribution >= 4 is 16.8 Å². The maximum Gasteiger partial charge on any atom is 0.255 e. The van der Waals surface area contributed by atoms with Gasteiger partial charge in [-0.15, -0.1) is 0 Å². The number of carbonyl (C=O) groups excluding carboxylic acids is 1.